The lowest BCUT2D eigenvalue weighted by atomic mass is 10.0. The first kappa shape index (κ1) is 30.7. The van der Waals surface area contributed by atoms with Crippen molar-refractivity contribution in [2.24, 2.45) is 0 Å². The standard InChI is InChI=1S/C50H29N5/c1-52-42-29-32(25-27-49(42)55-47-24-11-5-17-38(47)40-19-12-13-33(31-51)50(40)55)35-14-2-7-20-43(35)54-46-23-10-6-18-39(46)41-30-34(26-28-48(41)54)53-44-21-8-3-15-36(44)37-16-4-9-22-45(37)53/h2-30H. The molecule has 0 saturated heterocycles. The van der Waals surface area contributed by atoms with E-state index in [1.807, 2.05) is 36.4 Å². The minimum absolute atomic E-state index is 0.515. The van der Waals surface area contributed by atoms with Crippen molar-refractivity contribution in [3.8, 4) is 34.3 Å². The predicted molar refractivity (Wildman–Crippen MR) is 226 cm³/mol. The van der Waals surface area contributed by atoms with Crippen molar-refractivity contribution < 1.29 is 0 Å². The molecule has 3 heterocycles. The lowest BCUT2D eigenvalue weighted by Gasteiger charge is -2.16. The number of hydrogen-bond acceptors (Lipinski definition) is 1. The Hall–Kier alpha value is -7.86. The summed E-state index contributed by atoms with van der Waals surface area (Å²) in [5.41, 5.74) is 12.3. The van der Waals surface area contributed by atoms with Gasteiger partial charge in [0.1, 0.15) is 6.07 Å². The van der Waals surface area contributed by atoms with E-state index in [1.54, 1.807) is 0 Å². The maximum absolute atomic E-state index is 10.1. The first-order valence-electron chi connectivity index (χ1n) is 18.3. The number of nitriles is 1. The highest BCUT2D eigenvalue weighted by molar-refractivity contribution is 6.13. The molecule has 55 heavy (non-hydrogen) atoms. The molecule has 0 N–H and O–H groups in total. The molecule has 11 aromatic rings. The molecule has 0 fully saturated rings. The van der Waals surface area contributed by atoms with Crippen LogP contribution >= 0.6 is 0 Å². The Bertz CT molecular complexity index is 3420. The van der Waals surface area contributed by atoms with Crippen molar-refractivity contribution in [3.05, 3.63) is 193 Å². The van der Waals surface area contributed by atoms with E-state index in [4.69, 9.17) is 6.57 Å². The van der Waals surface area contributed by atoms with Crippen LogP contribution in [0, 0.1) is 17.9 Å². The van der Waals surface area contributed by atoms with E-state index in [0.717, 1.165) is 61.0 Å². The highest BCUT2D eigenvalue weighted by Gasteiger charge is 2.21. The van der Waals surface area contributed by atoms with Gasteiger partial charge in [0, 0.05) is 43.6 Å². The smallest absolute Gasteiger partial charge is 0.211 e. The summed E-state index contributed by atoms with van der Waals surface area (Å²) in [5.74, 6) is 0. The number of nitrogens with zero attached hydrogens (tertiary/aromatic N) is 5. The average molecular weight is 700 g/mol. The summed E-state index contributed by atoms with van der Waals surface area (Å²) in [6.07, 6.45) is 0. The Morgan fingerprint density at radius 1 is 0.436 bits per heavy atom. The van der Waals surface area contributed by atoms with Gasteiger partial charge in [0.25, 0.3) is 0 Å². The van der Waals surface area contributed by atoms with E-state index < -0.39 is 0 Å². The zero-order chi connectivity index (χ0) is 36.6. The molecular weight excluding hydrogens is 671 g/mol. The van der Waals surface area contributed by atoms with Crippen LogP contribution in [0.15, 0.2) is 176 Å². The van der Waals surface area contributed by atoms with Crippen LogP contribution in [0.1, 0.15) is 5.56 Å². The van der Waals surface area contributed by atoms with Crippen molar-refractivity contribution in [1.82, 2.24) is 13.7 Å². The first-order chi connectivity index (χ1) is 27.2. The van der Waals surface area contributed by atoms with E-state index in [9.17, 15) is 5.26 Å². The molecule has 0 spiro atoms. The Kier molecular flexibility index (Phi) is 6.61. The van der Waals surface area contributed by atoms with Crippen molar-refractivity contribution in [1.29, 1.82) is 5.26 Å². The van der Waals surface area contributed by atoms with Gasteiger partial charge in [0.05, 0.1) is 56.6 Å². The Morgan fingerprint density at radius 2 is 0.982 bits per heavy atom. The molecule has 0 saturated carbocycles. The minimum Gasteiger partial charge on any atom is -0.318 e. The lowest BCUT2D eigenvalue weighted by molar-refractivity contribution is 1.16. The van der Waals surface area contributed by atoms with Crippen molar-refractivity contribution >= 4 is 71.1 Å². The van der Waals surface area contributed by atoms with Crippen LogP contribution in [0.25, 0.3) is 98.5 Å². The van der Waals surface area contributed by atoms with E-state index in [1.165, 1.54) is 32.6 Å². The van der Waals surface area contributed by atoms with Crippen molar-refractivity contribution in [2.75, 3.05) is 0 Å². The van der Waals surface area contributed by atoms with Gasteiger partial charge in [-0.05, 0) is 72.3 Å². The average Bonchev–Trinajstić information content (AvgIpc) is 3.89. The second kappa shape index (κ2) is 11.8. The third kappa shape index (κ3) is 4.39. The summed E-state index contributed by atoms with van der Waals surface area (Å²) >= 11 is 0. The second-order valence-electron chi connectivity index (χ2n) is 13.9. The number of aromatic nitrogens is 3. The molecule has 0 bridgehead atoms. The highest BCUT2D eigenvalue weighted by Crippen LogP contribution is 2.42. The topological polar surface area (TPSA) is 42.9 Å². The normalized spacial score (nSPS) is 11.6. The largest absolute Gasteiger partial charge is 0.318 e. The quantitative estimate of drug-likeness (QED) is 0.169. The molecule has 5 nitrogen and oxygen atoms in total. The van der Waals surface area contributed by atoms with E-state index >= 15 is 0 Å². The molecule has 0 aliphatic heterocycles. The van der Waals surface area contributed by atoms with Gasteiger partial charge in [-0.25, -0.2) is 4.85 Å². The van der Waals surface area contributed by atoms with Crippen molar-refractivity contribution in [2.45, 2.75) is 0 Å². The summed E-state index contributed by atoms with van der Waals surface area (Å²) in [4.78, 5) is 4.09. The van der Waals surface area contributed by atoms with Gasteiger partial charge >= 0.3 is 0 Å². The Balaban J connectivity index is 1.11. The SMILES string of the molecule is [C-]#[N+]c1cc(-c2ccccc2-n2c3ccccc3c3cc(-n4c5ccccc5c5ccccc54)ccc32)ccc1-n1c2ccccc2c2cccc(C#N)c21. The van der Waals surface area contributed by atoms with Gasteiger partial charge in [0.2, 0.25) is 5.69 Å². The van der Waals surface area contributed by atoms with Gasteiger partial charge in [-0.2, -0.15) is 5.26 Å². The fourth-order valence-electron chi connectivity index (χ4n) is 8.80. The van der Waals surface area contributed by atoms with Crippen LogP contribution in [-0.2, 0) is 0 Å². The maximum atomic E-state index is 10.1. The zero-order valence-electron chi connectivity index (χ0n) is 29.5. The third-order valence-electron chi connectivity index (χ3n) is 11.1. The second-order valence-corrected chi connectivity index (χ2v) is 13.9. The van der Waals surface area contributed by atoms with Gasteiger partial charge in [-0.15, -0.1) is 0 Å². The van der Waals surface area contributed by atoms with Gasteiger partial charge in [0.15, 0.2) is 0 Å². The highest BCUT2D eigenvalue weighted by atomic mass is 15.0. The first-order valence-corrected chi connectivity index (χ1v) is 18.3. The molecule has 0 radical (unpaired) electrons. The number of rotatable bonds is 4. The lowest BCUT2D eigenvalue weighted by Crippen LogP contribution is -1.99. The summed E-state index contributed by atoms with van der Waals surface area (Å²) in [7, 11) is 0. The van der Waals surface area contributed by atoms with Crippen LogP contribution < -0.4 is 0 Å². The number of para-hydroxylation sites is 6. The molecule has 0 atom stereocenters. The van der Waals surface area contributed by atoms with Crippen LogP contribution in [-0.4, -0.2) is 13.7 Å². The molecule has 3 aromatic heterocycles. The molecule has 5 heteroatoms. The Morgan fingerprint density at radius 3 is 1.65 bits per heavy atom. The molecule has 11 rings (SSSR count). The minimum atomic E-state index is 0.515. The fourth-order valence-corrected chi connectivity index (χ4v) is 8.80. The van der Waals surface area contributed by atoms with E-state index in [0.29, 0.717) is 11.3 Å². The van der Waals surface area contributed by atoms with Gasteiger partial charge in [-0.3, -0.25) is 0 Å². The molecule has 254 valence electrons. The van der Waals surface area contributed by atoms with Crippen LogP contribution in [0.2, 0.25) is 0 Å². The molecule has 0 unspecified atom stereocenters. The maximum Gasteiger partial charge on any atom is 0.211 e. The van der Waals surface area contributed by atoms with Crippen LogP contribution in [0.3, 0.4) is 0 Å². The van der Waals surface area contributed by atoms with E-state index in [-0.39, 0.29) is 0 Å². The van der Waals surface area contributed by atoms with E-state index in [2.05, 4.69) is 164 Å². The summed E-state index contributed by atoms with van der Waals surface area (Å²) in [5, 5.41) is 17.0. The Labute approximate surface area is 316 Å². The molecular formula is C50H29N5. The summed E-state index contributed by atoms with van der Waals surface area (Å²) < 4.78 is 6.80. The monoisotopic (exact) mass is 699 g/mol. The number of benzene rings is 8. The van der Waals surface area contributed by atoms with Gasteiger partial charge < -0.3 is 13.7 Å². The van der Waals surface area contributed by atoms with Crippen molar-refractivity contribution in [3.63, 3.8) is 0 Å². The van der Waals surface area contributed by atoms with Crippen LogP contribution in [0.5, 0.6) is 0 Å². The fraction of sp³-hybridized carbons (Fsp3) is 0. The number of fused-ring (bicyclic) bond motifs is 9. The molecule has 8 aromatic carbocycles. The van der Waals surface area contributed by atoms with Gasteiger partial charge in [-0.1, -0.05) is 109 Å². The molecule has 0 aliphatic rings. The van der Waals surface area contributed by atoms with Crippen LogP contribution in [0.4, 0.5) is 5.69 Å². The summed E-state index contributed by atoms with van der Waals surface area (Å²) in [6.45, 7) is 8.39. The summed E-state index contributed by atoms with van der Waals surface area (Å²) in [6, 6.07) is 63.6. The molecule has 0 aliphatic carbocycles. The predicted octanol–water partition coefficient (Wildman–Crippen LogP) is 13.1. The molecule has 0 amide bonds. The third-order valence-corrected chi connectivity index (χ3v) is 11.1. The number of hydrogen-bond donors (Lipinski definition) is 0. The zero-order valence-corrected chi connectivity index (χ0v) is 29.5.